The van der Waals surface area contributed by atoms with Gasteiger partial charge in [0.2, 0.25) is 0 Å². The molecule has 4 N–H and O–H groups in total. The van der Waals surface area contributed by atoms with Gasteiger partial charge >= 0.3 is 0 Å². The van der Waals surface area contributed by atoms with Crippen LogP contribution >= 0.6 is 0 Å². The maximum absolute atomic E-state index is 14.3. The Labute approximate surface area is 180 Å². The molecule has 2 aromatic carbocycles. The summed E-state index contributed by atoms with van der Waals surface area (Å²) >= 11 is 0. The first-order valence-electron chi connectivity index (χ1n) is 10.8. The predicted octanol–water partition coefficient (Wildman–Crippen LogP) is 1.82. The average Bonchev–Trinajstić information content (AvgIpc) is 3.23. The zero-order chi connectivity index (χ0) is 22.1. The van der Waals surface area contributed by atoms with E-state index in [2.05, 4.69) is 0 Å². The highest BCUT2D eigenvalue weighted by atomic mass is 19.1. The van der Waals surface area contributed by atoms with E-state index in [4.69, 9.17) is 9.47 Å². The largest absolute Gasteiger partial charge is 0.491 e. The standard InChI is InChI=1S/C24H29FO6/c1-2-30-19-7-6-13(9-18(19)25)8-15-11-16(10-14-4-3-5-17(14)15)24-23(29)22(28)21(27)20(12-26)31-24/h6-7,9-11,20-24,26-29H,2-5,8,12H2,1H3/t20-,21-,22+,23-,24+/m1/s1. The van der Waals surface area contributed by atoms with Gasteiger partial charge in [0.05, 0.1) is 13.2 Å². The predicted molar refractivity (Wildman–Crippen MR) is 112 cm³/mol. The van der Waals surface area contributed by atoms with Crippen LogP contribution in [0.15, 0.2) is 30.3 Å². The third-order valence-corrected chi connectivity index (χ3v) is 6.24. The van der Waals surface area contributed by atoms with Crippen LogP contribution in [0.4, 0.5) is 4.39 Å². The fourth-order valence-corrected chi connectivity index (χ4v) is 4.67. The molecular weight excluding hydrogens is 403 g/mol. The third-order valence-electron chi connectivity index (χ3n) is 6.24. The highest BCUT2D eigenvalue weighted by Gasteiger charge is 2.44. The summed E-state index contributed by atoms with van der Waals surface area (Å²) < 4.78 is 25.4. The van der Waals surface area contributed by atoms with Gasteiger partial charge in [0.1, 0.15) is 30.5 Å². The number of hydrogen-bond donors (Lipinski definition) is 4. The van der Waals surface area contributed by atoms with Crippen molar-refractivity contribution in [3.05, 3.63) is 64.0 Å². The summed E-state index contributed by atoms with van der Waals surface area (Å²) in [7, 11) is 0. The van der Waals surface area contributed by atoms with Crippen LogP contribution in [0.2, 0.25) is 0 Å². The number of aliphatic hydroxyl groups is 4. The number of ether oxygens (including phenoxy) is 2. The van der Waals surface area contributed by atoms with Crippen molar-refractivity contribution in [2.75, 3.05) is 13.2 Å². The van der Waals surface area contributed by atoms with Gasteiger partial charge in [-0.3, -0.25) is 0 Å². The Hall–Kier alpha value is -2.03. The van der Waals surface area contributed by atoms with Gasteiger partial charge in [-0.25, -0.2) is 4.39 Å². The van der Waals surface area contributed by atoms with Gasteiger partial charge in [-0.1, -0.05) is 18.2 Å². The normalized spacial score (nSPS) is 27.9. The monoisotopic (exact) mass is 432 g/mol. The SMILES string of the molecule is CCOc1ccc(Cc2cc([C@@H]3O[C@H](CO)[C@@H](O)[C@H](O)[C@H]3O)cc3c2CCC3)cc1F. The van der Waals surface area contributed by atoms with Crippen molar-refractivity contribution in [2.45, 2.75) is 63.1 Å². The molecule has 0 radical (unpaired) electrons. The van der Waals surface area contributed by atoms with Crippen molar-refractivity contribution < 1.29 is 34.3 Å². The average molecular weight is 432 g/mol. The molecule has 1 saturated heterocycles. The third kappa shape index (κ3) is 4.33. The number of hydrogen-bond acceptors (Lipinski definition) is 6. The molecule has 0 unspecified atom stereocenters. The van der Waals surface area contributed by atoms with Crippen LogP contribution in [0.25, 0.3) is 0 Å². The second kappa shape index (κ2) is 9.22. The maximum atomic E-state index is 14.3. The molecule has 0 bridgehead atoms. The van der Waals surface area contributed by atoms with Crippen LogP contribution in [-0.4, -0.2) is 58.1 Å². The first-order valence-corrected chi connectivity index (χ1v) is 10.8. The molecule has 0 saturated carbocycles. The summed E-state index contributed by atoms with van der Waals surface area (Å²) in [5.41, 5.74) is 4.88. The fraction of sp³-hybridized carbons (Fsp3) is 0.500. The molecule has 4 rings (SSSR count). The molecular formula is C24H29FO6. The van der Waals surface area contributed by atoms with Crippen molar-refractivity contribution in [1.29, 1.82) is 0 Å². The molecule has 0 aromatic heterocycles. The van der Waals surface area contributed by atoms with Crippen molar-refractivity contribution in [3.8, 4) is 5.75 Å². The van der Waals surface area contributed by atoms with Crippen molar-refractivity contribution in [1.82, 2.24) is 0 Å². The summed E-state index contributed by atoms with van der Waals surface area (Å²) in [6, 6.07) is 8.85. The second-order valence-electron chi connectivity index (χ2n) is 8.30. The summed E-state index contributed by atoms with van der Waals surface area (Å²) in [4.78, 5) is 0. The number of fused-ring (bicyclic) bond motifs is 1. The lowest BCUT2D eigenvalue weighted by atomic mass is 9.87. The second-order valence-corrected chi connectivity index (χ2v) is 8.30. The van der Waals surface area contributed by atoms with Crippen molar-refractivity contribution in [2.24, 2.45) is 0 Å². The van der Waals surface area contributed by atoms with Gasteiger partial charge in [0.15, 0.2) is 11.6 Å². The summed E-state index contributed by atoms with van der Waals surface area (Å²) in [6.45, 7) is 1.73. The molecule has 2 aliphatic rings. The van der Waals surface area contributed by atoms with Crippen LogP contribution < -0.4 is 4.74 Å². The van der Waals surface area contributed by atoms with Crippen molar-refractivity contribution in [3.63, 3.8) is 0 Å². The Kier molecular flexibility index (Phi) is 6.60. The van der Waals surface area contributed by atoms with E-state index in [1.54, 1.807) is 13.0 Å². The van der Waals surface area contributed by atoms with E-state index >= 15 is 0 Å². The van der Waals surface area contributed by atoms with E-state index < -0.39 is 42.9 Å². The van der Waals surface area contributed by atoms with E-state index in [1.165, 1.54) is 11.6 Å². The van der Waals surface area contributed by atoms with Crippen LogP contribution in [0, 0.1) is 5.82 Å². The Morgan fingerprint density at radius 2 is 1.87 bits per heavy atom. The molecule has 31 heavy (non-hydrogen) atoms. The van der Waals surface area contributed by atoms with E-state index in [9.17, 15) is 24.8 Å². The van der Waals surface area contributed by atoms with Crippen molar-refractivity contribution >= 4 is 0 Å². The number of aliphatic hydroxyl groups excluding tert-OH is 4. The lowest BCUT2D eigenvalue weighted by molar-refractivity contribution is -0.231. The number of aryl methyl sites for hydroxylation is 1. The first kappa shape index (κ1) is 22.2. The Bertz CT molecular complexity index is 931. The molecule has 168 valence electrons. The minimum Gasteiger partial charge on any atom is -0.491 e. The summed E-state index contributed by atoms with van der Waals surface area (Å²) in [5.74, 6) is -0.173. The summed E-state index contributed by atoms with van der Waals surface area (Å²) in [6.07, 6.45) is -2.63. The molecule has 1 heterocycles. The molecule has 1 fully saturated rings. The maximum Gasteiger partial charge on any atom is 0.165 e. The lowest BCUT2D eigenvalue weighted by Crippen LogP contribution is -2.55. The van der Waals surface area contributed by atoms with Crippen LogP contribution in [0.5, 0.6) is 5.75 Å². The first-order chi connectivity index (χ1) is 14.9. The molecule has 7 heteroatoms. The Balaban J connectivity index is 1.66. The van der Waals surface area contributed by atoms with Gasteiger partial charge in [-0.05, 0) is 72.6 Å². The van der Waals surface area contributed by atoms with Crippen LogP contribution in [0.3, 0.4) is 0 Å². The number of benzene rings is 2. The minimum absolute atomic E-state index is 0.228. The summed E-state index contributed by atoms with van der Waals surface area (Å²) in [5, 5.41) is 40.3. The Morgan fingerprint density at radius 3 is 2.58 bits per heavy atom. The highest BCUT2D eigenvalue weighted by molar-refractivity contribution is 5.46. The van der Waals surface area contributed by atoms with E-state index in [-0.39, 0.29) is 5.75 Å². The van der Waals surface area contributed by atoms with E-state index in [0.717, 1.165) is 36.0 Å². The van der Waals surface area contributed by atoms with Crippen LogP contribution in [0.1, 0.15) is 47.3 Å². The zero-order valence-corrected chi connectivity index (χ0v) is 17.5. The molecule has 6 nitrogen and oxygen atoms in total. The quantitative estimate of drug-likeness (QED) is 0.556. The van der Waals surface area contributed by atoms with Gasteiger partial charge < -0.3 is 29.9 Å². The van der Waals surface area contributed by atoms with Gasteiger partial charge in [-0.2, -0.15) is 0 Å². The minimum atomic E-state index is -1.42. The van der Waals surface area contributed by atoms with Gasteiger partial charge in [0, 0.05) is 0 Å². The zero-order valence-electron chi connectivity index (χ0n) is 17.5. The van der Waals surface area contributed by atoms with E-state index in [1.807, 2.05) is 18.2 Å². The Morgan fingerprint density at radius 1 is 1.06 bits per heavy atom. The van der Waals surface area contributed by atoms with Gasteiger partial charge in [0.25, 0.3) is 0 Å². The number of halogens is 1. The van der Waals surface area contributed by atoms with Gasteiger partial charge in [-0.15, -0.1) is 0 Å². The number of rotatable bonds is 6. The molecule has 1 aliphatic carbocycles. The van der Waals surface area contributed by atoms with E-state index in [0.29, 0.717) is 18.6 Å². The molecule has 5 atom stereocenters. The highest BCUT2D eigenvalue weighted by Crippen LogP contribution is 2.37. The fourth-order valence-electron chi connectivity index (χ4n) is 4.67. The molecule has 1 aliphatic heterocycles. The van der Waals surface area contributed by atoms with Crippen LogP contribution in [-0.2, 0) is 24.0 Å². The topological polar surface area (TPSA) is 99.4 Å². The molecule has 2 aromatic rings. The lowest BCUT2D eigenvalue weighted by Gasteiger charge is -2.40. The molecule has 0 amide bonds. The smallest absolute Gasteiger partial charge is 0.165 e. The molecule has 0 spiro atoms.